The maximum atomic E-state index is 11.7. The van der Waals surface area contributed by atoms with E-state index in [1.54, 1.807) is 24.3 Å². The first-order chi connectivity index (χ1) is 13.5. The van der Waals surface area contributed by atoms with Crippen LogP contribution in [0.2, 0.25) is 0 Å². The van der Waals surface area contributed by atoms with Crippen LogP contribution in [-0.4, -0.2) is 37.1 Å². The molecule has 0 saturated carbocycles. The van der Waals surface area contributed by atoms with E-state index in [4.69, 9.17) is 23.4 Å². The average Bonchev–Trinajstić information content (AvgIpc) is 2.72. The van der Waals surface area contributed by atoms with Crippen molar-refractivity contribution in [1.82, 2.24) is 0 Å². The van der Waals surface area contributed by atoms with Crippen molar-refractivity contribution in [3.8, 4) is 28.7 Å². The van der Waals surface area contributed by atoms with Gasteiger partial charge in [-0.25, -0.2) is 4.79 Å². The van der Waals surface area contributed by atoms with Gasteiger partial charge < -0.3 is 33.6 Å². The monoisotopic (exact) mass is 386 g/mol. The first-order valence-electron chi connectivity index (χ1n) is 8.51. The molecule has 1 aromatic heterocycles. The van der Waals surface area contributed by atoms with Crippen LogP contribution in [0.5, 0.6) is 28.7 Å². The second-order valence-electron chi connectivity index (χ2n) is 6.22. The Morgan fingerprint density at radius 1 is 1.00 bits per heavy atom. The number of fused-ring (bicyclic) bond motifs is 3. The molecule has 0 fully saturated rings. The molecule has 4 rings (SSSR count). The highest BCUT2D eigenvalue weighted by Gasteiger charge is 2.37. The van der Waals surface area contributed by atoms with Gasteiger partial charge in [-0.1, -0.05) is 6.07 Å². The molecule has 8 nitrogen and oxygen atoms in total. The second kappa shape index (κ2) is 6.97. The minimum Gasteiger partial charge on any atom is -0.504 e. The third kappa shape index (κ3) is 2.87. The molecular weight excluding hydrogens is 368 g/mol. The Kier molecular flexibility index (Phi) is 4.48. The largest absolute Gasteiger partial charge is 0.504 e. The number of rotatable bonds is 4. The summed E-state index contributed by atoms with van der Waals surface area (Å²) in [5, 5.41) is 20.3. The van der Waals surface area contributed by atoms with Gasteiger partial charge in [0.15, 0.2) is 35.0 Å². The first kappa shape index (κ1) is 18.0. The van der Waals surface area contributed by atoms with E-state index >= 15 is 0 Å². The van der Waals surface area contributed by atoms with Crippen LogP contribution in [0.4, 0.5) is 0 Å². The Bertz CT molecular complexity index is 1090. The van der Waals surface area contributed by atoms with Crippen molar-refractivity contribution >= 4 is 11.0 Å². The zero-order valence-electron chi connectivity index (χ0n) is 15.2. The van der Waals surface area contributed by atoms with Crippen LogP contribution in [0.15, 0.2) is 45.6 Å². The van der Waals surface area contributed by atoms with E-state index in [-0.39, 0.29) is 35.2 Å². The minimum absolute atomic E-state index is 0.0259. The van der Waals surface area contributed by atoms with Crippen molar-refractivity contribution < 1.29 is 33.6 Å². The zero-order chi connectivity index (χ0) is 19.8. The highest BCUT2D eigenvalue weighted by molar-refractivity contribution is 5.88. The van der Waals surface area contributed by atoms with Gasteiger partial charge >= 0.3 is 5.63 Å². The fourth-order valence-corrected chi connectivity index (χ4v) is 3.21. The van der Waals surface area contributed by atoms with Crippen LogP contribution < -0.4 is 24.6 Å². The maximum Gasteiger partial charge on any atom is 0.336 e. The van der Waals surface area contributed by atoms with Crippen molar-refractivity contribution in [3.63, 3.8) is 0 Å². The third-order valence-electron chi connectivity index (χ3n) is 4.57. The molecule has 0 spiro atoms. The summed E-state index contributed by atoms with van der Waals surface area (Å²) < 4.78 is 28.0. The predicted octanol–water partition coefficient (Wildman–Crippen LogP) is 2.39. The zero-order valence-corrected chi connectivity index (χ0v) is 15.2. The van der Waals surface area contributed by atoms with Crippen molar-refractivity contribution in [3.05, 3.63) is 52.4 Å². The summed E-state index contributed by atoms with van der Waals surface area (Å²) in [4.78, 5) is 11.7. The molecule has 0 radical (unpaired) electrons. The quantitative estimate of drug-likeness (QED) is 0.658. The number of hydrogen-bond acceptors (Lipinski definition) is 8. The Labute approximate surface area is 159 Å². The Hall–Kier alpha value is -3.39. The summed E-state index contributed by atoms with van der Waals surface area (Å²) >= 11 is 0. The molecule has 2 aromatic carbocycles. The van der Waals surface area contributed by atoms with Crippen LogP contribution in [-0.2, 0) is 0 Å². The van der Waals surface area contributed by atoms with Crippen molar-refractivity contribution in [2.75, 3.05) is 20.8 Å². The van der Waals surface area contributed by atoms with Gasteiger partial charge in [-0.2, -0.15) is 0 Å². The lowest BCUT2D eigenvalue weighted by Gasteiger charge is -2.34. The summed E-state index contributed by atoms with van der Waals surface area (Å²) in [6.45, 7) is -0.340. The van der Waals surface area contributed by atoms with Crippen molar-refractivity contribution in [2.45, 2.75) is 12.2 Å². The number of ether oxygens (including phenoxy) is 4. The van der Waals surface area contributed by atoms with Crippen LogP contribution in [0, 0.1) is 0 Å². The first-order valence-corrected chi connectivity index (χ1v) is 8.51. The standard InChI is InChI=1S/C20H18O8/c1-24-13-7-10(3-5-12(13)22)17-15(9-21)26-19-14(25-2)8-11-4-6-16(23)27-18(11)20(19)28-17/h3-8,15,17,21-22H,9H2,1-2H3/t15-,17?/m0/s1. The number of hydrogen-bond donors (Lipinski definition) is 2. The SMILES string of the molecule is COc1cc(C2Oc3c(c(OC)cc4ccc(=O)oc34)O[C@H]2CO)ccc1O. The number of methoxy groups -OCH3 is 2. The summed E-state index contributed by atoms with van der Waals surface area (Å²) in [6.07, 6.45) is -1.50. The predicted molar refractivity (Wildman–Crippen MR) is 98.6 cm³/mol. The van der Waals surface area contributed by atoms with E-state index in [1.165, 1.54) is 26.4 Å². The summed E-state index contributed by atoms with van der Waals surface area (Å²) in [5.74, 6) is 1.06. The molecule has 0 amide bonds. The van der Waals surface area contributed by atoms with Gasteiger partial charge in [0, 0.05) is 17.0 Å². The highest BCUT2D eigenvalue weighted by Crippen LogP contribution is 2.49. The van der Waals surface area contributed by atoms with Crippen molar-refractivity contribution in [1.29, 1.82) is 0 Å². The summed E-state index contributed by atoms with van der Waals surface area (Å²) in [7, 11) is 2.91. The number of aliphatic hydroxyl groups excluding tert-OH is 1. The van der Waals surface area contributed by atoms with Crippen LogP contribution in [0.25, 0.3) is 11.0 Å². The fourth-order valence-electron chi connectivity index (χ4n) is 3.21. The average molecular weight is 386 g/mol. The van der Waals surface area contributed by atoms with Gasteiger partial charge in [0.2, 0.25) is 11.5 Å². The topological polar surface area (TPSA) is 108 Å². The van der Waals surface area contributed by atoms with Crippen molar-refractivity contribution in [2.24, 2.45) is 0 Å². The van der Waals surface area contributed by atoms with Gasteiger partial charge in [-0.15, -0.1) is 0 Å². The van der Waals surface area contributed by atoms with E-state index in [2.05, 4.69) is 0 Å². The number of aliphatic hydroxyl groups is 1. The van der Waals surface area contributed by atoms with E-state index in [0.29, 0.717) is 16.7 Å². The van der Waals surface area contributed by atoms with Gasteiger partial charge in [0.1, 0.15) is 0 Å². The maximum absolute atomic E-state index is 11.7. The van der Waals surface area contributed by atoms with Crippen LogP contribution in [0.3, 0.4) is 0 Å². The van der Waals surface area contributed by atoms with Gasteiger partial charge in [-0.3, -0.25) is 0 Å². The fraction of sp³-hybridized carbons (Fsp3) is 0.250. The number of phenolic OH excluding ortho intramolecular Hbond substituents is 1. The lowest BCUT2D eigenvalue weighted by Crippen LogP contribution is -2.36. The molecule has 0 saturated heterocycles. The molecule has 1 aliphatic heterocycles. The van der Waals surface area contributed by atoms with Gasteiger partial charge in [-0.05, 0) is 24.3 Å². The molecule has 2 N–H and O–H groups in total. The molecule has 0 bridgehead atoms. The smallest absolute Gasteiger partial charge is 0.336 e. The van der Waals surface area contributed by atoms with Crippen LogP contribution in [0.1, 0.15) is 11.7 Å². The van der Waals surface area contributed by atoms with E-state index in [0.717, 1.165) is 0 Å². The number of benzene rings is 2. The third-order valence-corrected chi connectivity index (χ3v) is 4.57. The highest BCUT2D eigenvalue weighted by atomic mass is 16.6. The normalized spacial score (nSPS) is 18.1. The molecule has 3 aromatic rings. The second-order valence-corrected chi connectivity index (χ2v) is 6.22. The number of phenols is 1. The molecule has 1 aliphatic rings. The Morgan fingerprint density at radius 3 is 2.50 bits per heavy atom. The van der Waals surface area contributed by atoms with Gasteiger partial charge in [0.05, 0.1) is 20.8 Å². The van der Waals surface area contributed by atoms with E-state index in [1.807, 2.05) is 0 Å². The number of aromatic hydroxyl groups is 1. The molecule has 146 valence electrons. The Balaban J connectivity index is 1.89. The van der Waals surface area contributed by atoms with Gasteiger partial charge in [0.25, 0.3) is 0 Å². The minimum atomic E-state index is -0.761. The summed E-state index contributed by atoms with van der Waals surface area (Å²) in [6, 6.07) is 9.26. The molecule has 2 atom stereocenters. The molecule has 2 heterocycles. The summed E-state index contributed by atoms with van der Waals surface area (Å²) in [5.41, 5.74) is 0.291. The van der Waals surface area contributed by atoms with E-state index < -0.39 is 17.8 Å². The Morgan fingerprint density at radius 2 is 1.79 bits per heavy atom. The molecular formula is C20H18O8. The molecule has 0 aliphatic carbocycles. The molecule has 8 heteroatoms. The van der Waals surface area contributed by atoms with Crippen LogP contribution >= 0.6 is 0 Å². The van der Waals surface area contributed by atoms with E-state index in [9.17, 15) is 15.0 Å². The lowest BCUT2D eigenvalue weighted by atomic mass is 10.0. The molecule has 28 heavy (non-hydrogen) atoms. The lowest BCUT2D eigenvalue weighted by molar-refractivity contribution is -0.0137. The molecule has 1 unspecified atom stereocenters.